The molecular formula is C24H22N2O5S. The van der Waals surface area contributed by atoms with Crippen molar-refractivity contribution in [1.29, 1.82) is 0 Å². The fraction of sp³-hybridized carbons (Fsp3) is 0.208. The van der Waals surface area contributed by atoms with Crippen molar-refractivity contribution >= 4 is 29.0 Å². The predicted molar refractivity (Wildman–Crippen MR) is 123 cm³/mol. The second-order valence-corrected chi connectivity index (χ2v) is 8.27. The van der Waals surface area contributed by atoms with E-state index in [9.17, 15) is 14.9 Å². The molecule has 0 saturated carbocycles. The molecule has 1 amide bonds. The van der Waals surface area contributed by atoms with Crippen LogP contribution in [0.15, 0.2) is 60.0 Å². The first kappa shape index (κ1) is 21.6. The fourth-order valence-electron chi connectivity index (χ4n) is 3.91. The zero-order valence-corrected chi connectivity index (χ0v) is 18.5. The number of thiophene rings is 1. The van der Waals surface area contributed by atoms with Crippen LogP contribution in [-0.2, 0) is 11.2 Å². The van der Waals surface area contributed by atoms with E-state index >= 15 is 0 Å². The summed E-state index contributed by atoms with van der Waals surface area (Å²) in [6.07, 6.45) is 3.91. The lowest BCUT2D eigenvalue weighted by Gasteiger charge is -2.37. The Hall–Kier alpha value is -3.65. The summed E-state index contributed by atoms with van der Waals surface area (Å²) in [4.78, 5) is 26.5. The van der Waals surface area contributed by atoms with Crippen molar-refractivity contribution in [3.05, 3.63) is 91.7 Å². The number of rotatable bonds is 6. The predicted octanol–water partition coefficient (Wildman–Crippen LogP) is 4.86. The van der Waals surface area contributed by atoms with Crippen molar-refractivity contribution in [2.24, 2.45) is 0 Å². The highest BCUT2D eigenvalue weighted by Gasteiger charge is 2.33. The molecule has 1 aliphatic heterocycles. The molecule has 2 heterocycles. The average molecular weight is 451 g/mol. The molecule has 0 N–H and O–H groups in total. The molecule has 1 aromatic heterocycles. The summed E-state index contributed by atoms with van der Waals surface area (Å²) in [6.45, 7) is 0.564. The molecule has 2 aromatic carbocycles. The molecule has 1 aliphatic rings. The quantitative estimate of drug-likeness (QED) is 0.304. The second-order valence-electron chi connectivity index (χ2n) is 7.29. The molecular weight excluding hydrogens is 428 g/mol. The van der Waals surface area contributed by atoms with Crippen LogP contribution in [0.5, 0.6) is 11.5 Å². The largest absolute Gasteiger partial charge is 0.493 e. The van der Waals surface area contributed by atoms with Gasteiger partial charge in [-0.3, -0.25) is 14.9 Å². The number of methoxy groups -OCH3 is 2. The molecule has 0 bridgehead atoms. The minimum atomic E-state index is -0.446. The van der Waals surface area contributed by atoms with Gasteiger partial charge in [0, 0.05) is 29.6 Å². The zero-order chi connectivity index (χ0) is 22.7. The number of nitrogens with zero attached hydrogens (tertiary/aromatic N) is 2. The van der Waals surface area contributed by atoms with E-state index in [2.05, 4.69) is 0 Å². The van der Waals surface area contributed by atoms with E-state index in [0.29, 0.717) is 24.5 Å². The molecule has 0 fully saturated rings. The molecule has 0 aliphatic carbocycles. The Morgan fingerprint density at radius 3 is 2.50 bits per heavy atom. The van der Waals surface area contributed by atoms with Gasteiger partial charge in [0.15, 0.2) is 11.5 Å². The topological polar surface area (TPSA) is 81.9 Å². The van der Waals surface area contributed by atoms with Crippen LogP contribution in [0.25, 0.3) is 6.08 Å². The van der Waals surface area contributed by atoms with Crippen molar-refractivity contribution in [1.82, 2.24) is 4.90 Å². The standard InChI is InChI=1S/C24H22N2O5S/c1-30-20-14-17-11-12-25(23(27)10-7-16-5-8-18(9-6-16)26(28)29)24(22-4-3-13-32-22)19(17)15-21(20)31-2/h3-10,13-15,24H,11-12H2,1-2H3/b10-7+. The number of benzene rings is 2. The van der Waals surface area contributed by atoms with Crippen LogP contribution in [0.3, 0.4) is 0 Å². The van der Waals surface area contributed by atoms with Crippen molar-refractivity contribution in [3.63, 3.8) is 0 Å². The van der Waals surface area contributed by atoms with Gasteiger partial charge in [0.2, 0.25) is 5.91 Å². The maximum absolute atomic E-state index is 13.2. The summed E-state index contributed by atoms with van der Waals surface area (Å²) in [5.41, 5.74) is 2.89. The summed E-state index contributed by atoms with van der Waals surface area (Å²) >= 11 is 1.60. The van der Waals surface area contributed by atoms with Gasteiger partial charge in [-0.25, -0.2) is 0 Å². The average Bonchev–Trinajstić information content (AvgIpc) is 3.35. The van der Waals surface area contributed by atoms with Gasteiger partial charge < -0.3 is 14.4 Å². The van der Waals surface area contributed by atoms with E-state index in [1.54, 1.807) is 43.8 Å². The van der Waals surface area contributed by atoms with Crippen LogP contribution in [0.2, 0.25) is 0 Å². The second kappa shape index (κ2) is 9.23. The highest BCUT2D eigenvalue weighted by molar-refractivity contribution is 7.10. The maximum atomic E-state index is 13.2. The molecule has 4 rings (SSSR count). The number of hydrogen-bond acceptors (Lipinski definition) is 6. The summed E-state index contributed by atoms with van der Waals surface area (Å²) < 4.78 is 11.0. The van der Waals surface area contributed by atoms with Gasteiger partial charge in [-0.2, -0.15) is 0 Å². The Morgan fingerprint density at radius 1 is 1.16 bits per heavy atom. The van der Waals surface area contributed by atoms with Gasteiger partial charge in [0.05, 0.1) is 25.2 Å². The molecule has 1 unspecified atom stereocenters. The van der Waals surface area contributed by atoms with Crippen LogP contribution in [0.4, 0.5) is 5.69 Å². The summed E-state index contributed by atoms with van der Waals surface area (Å²) in [7, 11) is 3.21. The highest BCUT2D eigenvalue weighted by Crippen LogP contribution is 2.42. The summed E-state index contributed by atoms with van der Waals surface area (Å²) in [5, 5.41) is 12.8. The Bertz CT molecular complexity index is 1160. The Labute approximate surface area is 189 Å². The molecule has 0 radical (unpaired) electrons. The third-order valence-corrected chi connectivity index (χ3v) is 6.42. The molecule has 32 heavy (non-hydrogen) atoms. The van der Waals surface area contributed by atoms with E-state index in [1.165, 1.54) is 18.2 Å². The van der Waals surface area contributed by atoms with Gasteiger partial charge in [0.25, 0.3) is 5.69 Å². The number of nitro benzene ring substituents is 1. The molecule has 7 nitrogen and oxygen atoms in total. The van der Waals surface area contributed by atoms with Crippen LogP contribution in [-0.4, -0.2) is 36.5 Å². The van der Waals surface area contributed by atoms with Crippen LogP contribution >= 0.6 is 11.3 Å². The Kier molecular flexibility index (Phi) is 6.23. The number of ether oxygens (including phenoxy) is 2. The Balaban J connectivity index is 1.66. The van der Waals surface area contributed by atoms with Crippen LogP contribution in [0, 0.1) is 10.1 Å². The van der Waals surface area contributed by atoms with Crippen LogP contribution < -0.4 is 9.47 Å². The molecule has 0 spiro atoms. The van der Waals surface area contributed by atoms with Gasteiger partial charge in [-0.05, 0) is 64.9 Å². The van der Waals surface area contributed by atoms with Gasteiger partial charge in [-0.15, -0.1) is 11.3 Å². The zero-order valence-electron chi connectivity index (χ0n) is 17.7. The first-order chi connectivity index (χ1) is 15.5. The molecule has 3 aromatic rings. The van der Waals surface area contributed by atoms with E-state index in [1.807, 2.05) is 34.5 Å². The number of amides is 1. The number of fused-ring (bicyclic) bond motifs is 1. The van der Waals surface area contributed by atoms with Crippen molar-refractivity contribution in [2.75, 3.05) is 20.8 Å². The lowest BCUT2D eigenvalue weighted by molar-refractivity contribution is -0.384. The summed E-state index contributed by atoms with van der Waals surface area (Å²) in [5.74, 6) is 1.18. The van der Waals surface area contributed by atoms with Crippen molar-refractivity contribution < 1.29 is 19.2 Å². The third-order valence-electron chi connectivity index (χ3n) is 5.49. The lowest BCUT2D eigenvalue weighted by Crippen LogP contribution is -2.39. The molecule has 1 atom stereocenters. The molecule has 8 heteroatoms. The minimum Gasteiger partial charge on any atom is -0.493 e. The maximum Gasteiger partial charge on any atom is 0.269 e. The van der Waals surface area contributed by atoms with Crippen molar-refractivity contribution in [3.8, 4) is 11.5 Å². The van der Waals surface area contributed by atoms with E-state index in [-0.39, 0.29) is 17.6 Å². The lowest BCUT2D eigenvalue weighted by atomic mass is 9.90. The third kappa shape index (κ3) is 4.22. The highest BCUT2D eigenvalue weighted by atomic mass is 32.1. The number of carbonyl (C=O) groups excluding carboxylic acids is 1. The van der Waals surface area contributed by atoms with E-state index in [4.69, 9.17) is 9.47 Å². The number of non-ortho nitro benzene ring substituents is 1. The monoisotopic (exact) mass is 450 g/mol. The number of nitro groups is 1. The first-order valence-corrected chi connectivity index (χ1v) is 10.9. The van der Waals surface area contributed by atoms with Gasteiger partial charge in [0.1, 0.15) is 0 Å². The van der Waals surface area contributed by atoms with Crippen LogP contribution in [0.1, 0.15) is 27.6 Å². The van der Waals surface area contributed by atoms with Gasteiger partial charge in [-0.1, -0.05) is 6.07 Å². The van der Waals surface area contributed by atoms with E-state index in [0.717, 1.165) is 21.6 Å². The van der Waals surface area contributed by atoms with E-state index < -0.39 is 4.92 Å². The smallest absolute Gasteiger partial charge is 0.269 e. The summed E-state index contributed by atoms with van der Waals surface area (Å²) in [6, 6.07) is 13.8. The first-order valence-electron chi connectivity index (χ1n) is 10.0. The Morgan fingerprint density at radius 2 is 1.88 bits per heavy atom. The molecule has 164 valence electrons. The normalized spacial score (nSPS) is 15.4. The van der Waals surface area contributed by atoms with Crippen molar-refractivity contribution in [2.45, 2.75) is 12.5 Å². The number of hydrogen-bond donors (Lipinski definition) is 0. The number of carbonyl (C=O) groups is 1. The minimum absolute atomic E-state index is 0.0169. The molecule has 0 saturated heterocycles. The van der Waals surface area contributed by atoms with Gasteiger partial charge >= 0.3 is 0 Å². The fourth-order valence-corrected chi connectivity index (χ4v) is 4.76. The SMILES string of the molecule is COc1cc2c(cc1OC)C(c1cccs1)N(C(=O)/C=C/c1ccc([N+](=O)[O-])cc1)CC2.